The highest BCUT2D eigenvalue weighted by Gasteiger charge is 2.12. The van der Waals surface area contributed by atoms with E-state index >= 15 is 0 Å². The maximum absolute atomic E-state index is 13.8. The van der Waals surface area contributed by atoms with Gasteiger partial charge in [0.25, 0.3) is 5.91 Å². The van der Waals surface area contributed by atoms with Crippen LogP contribution in [0.4, 0.5) is 14.5 Å². The summed E-state index contributed by atoms with van der Waals surface area (Å²) in [4.78, 5) is 16.2. The quantitative estimate of drug-likeness (QED) is 0.800. The number of fused-ring (bicyclic) bond motifs is 1. The van der Waals surface area contributed by atoms with Gasteiger partial charge in [0, 0.05) is 23.2 Å². The monoisotopic (exact) mass is 314 g/mol. The van der Waals surface area contributed by atoms with E-state index < -0.39 is 17.5 Å². The molecular weight excluding hydrogens is 302 g/mol. The van der Waals surface area contributed by atoms with Crippen LogP contribution in [0, 0.1) is 11.6 Å². The molecule has 1 aromatic heterocycles. The molecule has 0 unspecified atom stereocenters. The molecular formula is C17H12F2N2O2. The van der Waals surface area contributed by atoms with E-state index in [1.807, 2.05) is 0 Å². The minimum Gasteiger partial charge on any atom is -0.497 e. The van der Waals surface area contributed by atoms with Gasteiger partial charge in [-0.2, -0.15) is 0 Å². The number of hydrogen-bond donors (Lipinski definition) is 1. The van der Waals surface area contributed by atoms with Crippen LogP contribution in [0.15, 0.2) is 48.7 Å². The molecule has 4 nitrogen and oxygen atoms in total. The molecule has 0 atom stereocenters. The van der Waals surface area contributed by atoms with E-state index in [9.17, 15) is 13.6 Å². The maximum atomic E-state index is 13.8. The van der Waals surface area contributed by atoms with Crippen molar-refractivity contribution in [2.75, 3.05) is 12.4 Å². The average molecular weight is 314 g/mol. The Balaban J connectivity index is 1.99. The number of benzene rings is 2. The minimum atomic E-state index is -0.780. The number of aromatic nitrogens is 1. The van der Waals surface area contributed by atoms with E-state index in [2.05, 4.69) is 10.3 Å². The number of nitrogens with one attached hydrogen (secondary N) is 1. The van der Waals surface area contributed by atoms with Gasteiger partial charge >= 0.3 is 0 Å². The van der Waals surface area contributed by atoms with Crippen LogP contribution in [0.1, 0.15) is 10.4 Å². The van der Waals surface area contributed by atoms with Crippen LogP contribution in [-0.2, 0) is 0 Å². The Kier molecular flexibility index (Phi) is 3.89. The molecule has 6 heteroatoms. The second-order valence-corrected chi connectivity index (χ2v) is 4.83. The predicted molar refractivity (Wildman–Crippen MR) is 82.6 cm³/mol. The summed E-state index contributed by atoms with van der Waals surface area (Å²) in [5, 5.41) is 2.83. The van der Waals surface area contributed by atoms with Gasteiger partial charge in [0.2, 0.25) is 0 Å². The van der Waals surface area contributed by atoms with Crippen molar-refractivity contribution >= 4 is 22.5 Å². The molecule has 1 amide bonds. The first-order valence-corrected chi connectivity index (χ1v) is 6.77. The first kappa shape index (κ1) is 14.9. The first-order valence-electron chi connectivity index (χ1n) is 6.77. The highest BCUT2D eigenvalue weighted by molar-refractivity contribution is 6.08. The van der Waals surface area contributed by atoms with E-state index in [0.717, 1.165) is 12.1 Å². The lowest BCUT2D eigenvalue weighted by atomic mass is 10.1. The number of nitrogens with zero attached hydrogens (tertiary/aromatic N) is 1. The van der Waals surface area contributed by atoms with E-state index in [4.69, 9.17) is 4.74 Å². The molecule has 116 valence electrons. The molecule has 0 radical (unpaired) electrons. The first-order chi connectivity index (χ1) is 11.1. The number of carbonyl (C=O) groups is 1. The van der Waals surface area contributed by atoms with Crippen LogP contribution in [-0.4, -0.2) is 18.0 Å². The van der Waals surface area contributed by atoms with Crippen molar-refractivity contribution in [2.45, 2.75) is 0 Å². The number of amides is 1. The molecule has 2 aromatic carbocycles. The molecule has 1 heterocycles. The highest BCUT2D eigenvalue weighted by atomic mass is 19.1. The molecule has 3 aromatic rings. The second kappa shape index (κ2) is 6.00. The lowest BCUT2D eigenvalue weighted by Crippen LogP contribution is -2.12. The van der Waals surface area contributed by atoms with Crippen molar-refractivity contribution in [1.29, 1.82) is 0 Å². The minimum absolute atomic E-state index is 0.00478. The fourth-order valence-corrected chi connectivity index (χ4v) is 2.25. The maximum Gasteiger partial charge on any atom is 0.255 e. The fourth-order valence-electron chi connectivity index (χ4n) is 2.25. The lowest BCUT2D eigenvalue weighted by molar-refractivity contribution is 0.102. The summed E-state index contributed by atoms with van der Waals surface area (Å²) in [5.74, 6) is -1.40. The van der Waals surface area contributed by atoms with E-state index in [0.29, 0.717) is 11.3 Å². The number of anilines is 1. The van der Waals surface area contributed by atoms with Gasteiger partial charge < -0.3 is 10.1 Å². The molecule has 0 fully saturated rings. The number of rotatable bonds is 3. The smallest absolute Gasteiger partial charge is 0.255 e. The molecule has 23 heavy (non-hydrogen) atoms. The van der Waals surface area contributed by atoms with Crippen LogP contribution >= 0.6 is 0 Å². The van der Waals surface area contributed by atoms with Crippen molar-refractivity contribution in [2.24, 2.45) is 0 Å². The Morgan fingerprint density at radius 3 is 2.78 bits per heavy atom. The summed E-state index contributed by atoms with van der Waals surface area (Å²) in [6.45, 7) is 0. The Bertz CT molecular complexity index is 897. The fraction of sp³-hybridized carbons (Fsp3) is 0.0588. The van der Waals surface area contributed by atoms with Crippen molar-refractivity contribution in [3.63, 3.8) is 0 Å². The zero-order valence-electron chi connectivity index (χ0n) is 12.1. The Hall–Kier alpha value is -3.02. The second-order valence-electron chi connectivity index (χ2n) is 4.83. The Labute approximate surface area is 130 Å². The van der Waals surface area contributed by atoms with E-state index in [1.165, 1.54) is 19.4 Å². The molecule has 0 saturated heterocycles. The van der Waals surface area contributed by atoms with Crippen molar-refractivity contribution in [3.8, 4) is 5.75 Å². The standard InChI is InChI=1S/C17H12F2N2O2/c1-23-12-4-2-3-10(7-12)17(22)21-15-5-6-20-16-13(15)8-11(18)9-14(16)19/h2-9H,1H3,(H,20,21,22). The molecule has 0 aliphatic heterocycles. The number of pyridine rings is 1. The van der Waals surface area contributed by atoms with Crippen LogP contribution in [0.3, 0.4) is 0 Å². The van der Waals surface area contributed by atoms with Gasteiger partial charge in [-0.25, -0.2) is 8.78 Å². The average Bonchev–Trinajstić information content (AvgIpc) is 2.55. The topological polar surface area (TPSA) is 51.2 Å². The van der Waals surface area contributed by atoms with Crippen molar-refractivity contribution in [3.05, 3.63) is 65.9 Å². The number of carbonyl (C=O) groups excluding carboxylic acids is 1. The molecule has 0 bridgehead atoms. The Morgan fingerprint density at radius 1 is 1.17 bits per heavy atom. The van der Waals surface area contributed by atoms with Crippen LogP contribution in [0.25, 0.3) is 10.9 Å². The van der Waals surface area contributed by atoms with Crippen molar-refractivity contribution < 1.29 is 18.3 Å². The van der Waals surface area contributed by atoms with Gasteiger partial charge in [-0.05, 0) is 30.3 Å². The van der Waals surface area contributed by atoms with Gasteiger partial charge in [0.1, 0.15) is 17.1 Å². The van der Waals surface area contributed by atoms with E-state index in [1.54, 1.807) is 24.3 Å². The lowest BCUT2D eigenvalue weighted by Gasteiger charge is -2.09. The normalized spacial score (nSPS) is 10.6. The van der Waals surface area contributed by atoms with Crippen LogP contribution in [0.5, 0.6) is 5.75 Å². The van der Waals surface area contributed by atoms with Gasteiger partial charge in [-0.15, -0.1) is 0 Å². The Morgan fingerprint density at radius 2 is 2.00 bits per heavy atom. The summed E-state index contributed by atoms with van der Waals surface area (Å²) in [6, 6.07) is 9.94. The third-order valence-corrected chi connectivity index (χ3v) is 3.34. The molecule has 0 saturated carbocycles. The van der Waals surface area contributed by atoms with Gasteiger partial charge in [-0.1, -0.05) is 6.07 Å². The zero-order chi connectivity index (χ0) is 16.4. The SMILES string of the molecule is COc1cccc(C(=O)Nc2ccnc3c(F)cc(F)cc23)c1. The third kappa shape index (κ3) is 2.96. The van der Waals surface area contributed by atoms with Gasteiger partial charge in [-0.3, -0.25) is 9.78 Å². The number of halogens is 2. The molecule has 0 aliphatic carbocycles. The number of ether oxygens (including phenoxy) is 1. The number of methoxy groups -OCH3 is 1. The molecule has 3 rings (SSSR count). The third-order valence-electron chi connectivity index (χ3n) is 3.34. The van der Waals surface area contributed by atoms with Gasteiger partial charge in [0.05, 0.1) is 12.8 Å². The zero-order valence-corrected chi connectivity index (χ0v) is 12.1. The predicted octanol–water partition coefficient (Wildman–Crippen LogP) is 3.77. The molecule has 1 N–H and O–H groups in total. The largest absolute Gasteiger partial charge is 0.497 e. The summed E-state index contributed by atoms with van der Waals surface area (Å²) in [6.07, 6.45) is 1.35. The summed E-state index contributed by atoms with van der Waals surface area (Å²) in [7, 11) is 1.50. The van der Waals surface area contributed by atoms with Gasteiger partial charge in [0.15, 0.2) is 5.82 Å². The van der Waals surface area contributed by atoms with E-state index in [-0.39, 0.29) is 16.6 Å². The van der Waals surface area contributed by atoms with Crippen LogP contribution < -0.4 is 10.1 Å². The number of hydrogen-bond acceptors (Lipinski definition) is 3. The summed E-state index contributed by atoms with van der Waals surface area (Å²) >= 11 is 0. The van der Waals surface area contributed by atoms with Crippen LogP contribution in [0.2, 0.25) is 0 Å². The summed E-state index contributed by atoms with van der Waals surface area (Å²) < 4.78 is 32.3. The summed E-state index contributed by atoms with van der Waals surface area (Å²) in [5.41, 5.74) is 0.641. The van der Waals surface area contributed by atoms with Crippen molar-refractivity contribution in [1.82, 2.24) is 4.98 Å². The highest BCUT2D eigenvalue weighted by Crippen LogP contribution is 2.25. The molecule has 0 aliphatic rings. The molecule has 0 spiro atoms.